The lowest BCUT2D eigenvalue weighted by Crippen LogP contribution is -2.23. The molecule has 0 saturated heterocycles. The first-order valence-corrected chi connectivity index (χ1v) is 8.13. The van der Waals surface area contributed by atoms with Crippen LogP contribution in [0.15, 0.2) is 6.20 Å². The highest BCUT2D eigenvalue weighted by molar-refractivity contribution is 7.11. The number of thiazole rings is 1. The van der Waals surface area contributed by atoms with Crippen LogP contribution >= 0.6 is 22.9 Å². The third-order valence-corrected chi connectivity index (χ3v) is 4.80. The molecular formula is C14H21ClN4S. The quantitative estimate of drug-likeness (QED) is 0.887. The topological polar surface area (TPSA) is 42.7 Å². The third-order valence-electron chi connectivity index (χ3n) is 3.28. The lowest BCUT2D eigenvalue weighted by Gasteiger charge is -2.17. The second-order valence-electron chi connectivity index (χ2n) is 4.76. The summed E-state index contributed by atoms with van der Waals surface area (Å²) in [6.45, 7) is 9.94. The molecule has 1 unspecified atom stereocenters. The van der Waals surface area contributed by atoms with Crippen LogP contribution in [-0.2, 0) is 13.0 Å². The molecule has 110 valence electrons. The minimum absolute atomic E-state index is 0.241. The first-order chi connectivity index (χ1) is 9.56. The molecule has 0 amide bonds. The third kappa shape index (κ3) is 3.22. The van der Waals surface area contributed by atoms with Gasteiger partial charge in [-0.15, -0.1) is 11.3 Å². The van der Waals surface area contributed by atoms with E-state index in [1.54, 1.807) is 11.3 Å². The predicted octanol–water partition coefficient (Wildman–Crippen LogP) is 3.52. The minimum atomic E-state index is 0.241. The summed E-state index contributed by atoms with van der Waals surface area (Å²) in [6.07, 6.45) is 2.80. The van der Waals surface area contributed by atoms with Gasteiger partial charge in [-0.2, -0.15) is 5.10 Å². The lowest BCUT2D eigenvalue weighted by atomic mass is 10.1. The Morgan fingerprint density at radius 1 is 1.40 bits per heavy atom. The Balaban J connectivity index is 2.28. The summed E-state index contributed by atoms with van der Waals surface area (Å²) in [7, 11) is 0. The molecule has 1 N–H and O–H groups in total. The van der Waals surface area contributed by atoms with Crippen molar-refractivity contribution in [1.82, 2.24) is 20.1 Å². The molecule has 0 aliphatic carbocycles. The van der Waals surface area contributed by atoms with Crippen LogP contribution in [0, 0.1) is 13.8 Å². The van der Waals surface area contributed by atoms with Gasteiger partial charge in [0.1, 0.15) is 0 Å². The van der Waals surface area contributed by atoms with Gasteiger partial charge in [0.15, 0.2) is 0 Å². The Morgan fingerprint density at radius 2 is 2.15 bits per heavy atom. The summed E-state index contributed by atoms with van der Waals surface area (Å²) in [4.78, 5) is 5.61. The summed E-state index contributed by atoms with van der Waals surface area (Å²) >= 11 is 8.14. The number of hydrogen-bond donors (Lipinski definition) is 1. The van der Waals surface area contributed by atoms with Crippen LogP contribution in [0.2, 0.25) is 5.02 Å². The maximum absolute atomic E-state index is 6.41. The Morgan fingerprint density at radius 3 is 2.70 bits per heavy atom. The number of hydrogen-bond acceptors (Lipinski definition) is 4. The van der Waals surface area contributed by atoms with Crippen LogP contribution < -0.4 is 5.32 Å². The van der Waals surface area contributed by atoms with Gasteiger partial charge in [-0.1, -0.05) is 18.5 Å². The molecular weight excluding hydrogens is 292 g/mol. The molecule has 4 nitrogen and oxygen atoms in total. The highest BCUT2D eigenvalue weighted by Crippen LogP contribution is 2.28. The molecule has 1 atom stereocenters. The van der Waals surface area contributed by atoms with Gasteiger partial charge in [0.2, 0.25) is 0 Å². The average molecular weight is 313 g/mol. The van der Waals surface area contributed by atoms with Crippen LogP contribution in [-0.4, -0.2) is 21.3 Å². The molecule has 2 aromatic heterocycles. The number of aromatic nitrogens is 3. The molecule has 0 aliphatic rings. The van der Waals surface area contributed by atoms with Crippen LogP contribution in [0.3, 0.4) is 0 Å². The van der Waals surface area contributed by atoms with E-state index in [0.29, 0.717) is 0 Å². The van der Waals surface area contributed by atoms with E-state index in [2.05, 4.69) is 29.2 Å². The molecule has 2 heterocycles. The van der Waals surface area contributed by atoms with E-state index in [9.17, 15) is 0 Å². The summed E-state index contributed by atoms with van der Waals surface area (Å²) in [5.41, 5.74) is 2.00. The maximum atomic E-state index is 6.41. The monoisotopic (exact) mass is 312 g/mol. The Bertz CT molecular complexity index is 576. The molecule has 0 aromatic carbocycles. The first-order valence-electron chi connectivity index (χ1n) is 6.94. The Labute approximate surface area is 129 Å². The predicted molar refractivity (Wildman–Crippen MR) is 84.6 cm³/mol. The van der Waals surface area contributed by atoms with Crippen molar-refractivity contribution in [3.05, 3.63) is 32.5 Å². The Hall–Kier alpha value is -0.910. The zero-order valence-corrected chi connectivity index (χ0v) is 14.0. The smallest absolute Gasteiger partial charge is 0.0897 e. The molecule has 0 fully saturated rings. The summed E-state index contributed by atoms with van der Waals surface area (Å²) in [6, 6.07) is 0.241. The van der Waals surface area contributed by atoms with Crippen LogP contribution in [0.5, 0.6) is 0 Å². The van der Waals surface area contributed by atoms with Crippen molar-refractivity contribution >= 4 is 22.9 Å². The molecule has 0 saturated carbocycles. The fourth-order valence-electron chi connectivity index (χ4n) is 2.32. The van der Waals surface area contributed by atoms with Crippen LogP contribution in [0.4, 0.5) is 0 Å². The van der Waals surface area contributed by atoms with Gasteiger partial charge in [-0.25, -0.2) is 4.98 Å². The summed E-state index contributed by atoms with van der Waals surface area (Å²) < 4.78 is 2.00. The number of halogens is 1. The molecule has 6 heteroatoms. The van der Waals surface area contributed by atoms with Gasteiger partial charge in [0.05, 0.1) is 21.4 Å². The standard InChI is InChI=1S/C14H21ClN4S/c1-5-16-11(13-8-17-10(4)20-13)7-12-14(15)9(3)18-19(12)6-2/h8,11,16H,5-7H2,1-4H3. The van der Waals surface area contributed by atoms with Crippen LogP contribution in [0.1, 0.15) is 41.2 Å². The largest absolute Gasteiger partial charge is 0.309 e. The van der Waals surface area contributed by atoms with Crippen molar-refractivity contribution in [3.8, 4) is 0 Å². The number of nitrogens with zero attached hydrogens (tertiary/aromatic N) is 3. The number of nitrogens with one attached hydrogen (secondary N) is 1. The fraction of sp³-hybridized carbons (Fsp3) is 0.571. The molecule has 2 rings (SSSR count). The number of likely N-dealkylation sites (N-methyl/N-ethyl adjacent to an activating group) is 1. The number of aryl methyl sites for hydroxylation is 3. The average Bonchev–Trinajstić information content (AvgIpc) is 2.96. The van der Waals surface area contributed by atoms with Gasteiger partial charge >= 0.3 is 0 Å². The van der Waals surface area contributed by atoms with E-state index < -0.39 is 0 Å². The van der Waals surface area contributed by atoms with Gasteiger partial charge in [0, 0.05) is 30.1 Å². The van der Waals surface area contributed by atoms with Crippen molar-refractivity contribution in [2.75, 3.05) is 6.54 Å². The Kier molecular flexibility index (Phi) is 5.18. The highest BCUT2D eigenvalue weighted by atomic mass is 35.5. The SMILES string of the molecule is CCNC(Cc1c(Cl)c(C)nn1CC)c1cnc(C)s1. The van der Waals surface area contributed by atoms with Gasteiger partial charge in [-0.3, -0.25) is 4.68 Å². The summed E-state index contributed by atoms with van der Waals surface area (Å²) in [5, 5.41) is 9.88. The fourth-order valence-corrected chi connectivity index (χ4v) is 3.39. The lowest BCUT2D eigenvalue weighted by molar-refractivity contribution is 0.521. The molecule has 0 radical (unpaired) electrons. The van der Waals surface area contributed by atoms with Crippen molar-refractivity contribution in [2.24, 2.45) is 0 Å². The first kappa shape index (κ1) is 15.5. The van der Waals surface area contributed by atoms with Crippen molar-refractivity contribution < 1.29 is 0 Å². The van der Waals surface area contributed by atoms with E-state index in [-0.39, 0.29) is 6.04 Å². The molecule has 0 bridgehead atoms. The van der Waals surface area contributed by atoms with Crippen molar-refractivity contribution in [2.45, 2.75) is 46.7 Å². The van der Waals surface area contributed by atoms with E-state index in [4.69, 9.17) is 11.6 Å². The number of rotatable bonds is 6. The molecule has 0 spiro atoms. The van der Waals surface area contributed by atoms with E-state index >= 15 is 0 Å². The van der Waals surface area contributed by atoms with Gasteiger partial charge in [0.25, 0.3) is 0 Å². The second kappa shape index (κ2) is 6.70. The molecule has 20 heavy (non-hydrogen) atoms. The molecule has 0 aliphatic heterocycles. The second-order valence-corrected chi connectivity index (χ2v) is 6.40. The van der Waals surface area contributed by atoms with Crippen molar-refractivity contribution in [3.63, 3.8) is 0 Å². The minimum Gasteiger partial charge on any atom is -0.309 e. The maximum Gasteiger partial charge on any atom is 0.0897 e. The van der Waals surface area contributed by atoms with Crippen LogP contribution in [0.25, 0.3) is 0 Å². The van der Waals surface area contributed by atoms with E-state index in [1.165, 1.54) is 4.88 Å². The summed E-state index contributed by atoms with van der Waals surface area (Å²) in [5.74, 6) is 0. The highest BCUT2D eigenvalue weighted by Gasteiger charge is 2.20. The van der Waals surface area contributed by atoms with E-state index in [0.717, 1.165) is 40.9 Å². The van der Waals surface area contributed by atoms with Gasteiger partial charge < -0.3 is 5.32 Å². The zero-order chi connectivity index (χ0) is 14.7. The van der Waals surface area contributed by atoms with Crippen molar-refractivity contribution in [1.29, 1.82) is 0 Å². The van der Waals surface area contributed by atoms with Gasteiger partial charge in [-0.05, 0) is 27.3 Å². The molecule has 2 aromatic rings. The van der Waals surface area contributed by atoms with E-state index in [1.807, 2.05) is 24.7 Å². The zero-order valence-electron chi connectivity index (χ0n) is 12.4. The normalized spacial score (nSPS) is 12.8.